The van der Waals surface area contributed by atoms with Gasteiger partial charge in [0.25, 0.3) is 10.0 Å². The Bertz CT molecular complexity index is 574. The van der Waals surface area contributed by atoms with Crippen LogP contribution in [0, 0.1) is 6.92 Å². The van der Waals surface area contributed by atoms with Gasteiger partial charge in [-0.15, -0.1) is 11.3 Å². The average molecular weight is 331 g/mol. The van der Waals surface area contributed by atoms with Crippen LogP contribution in [-0.4, -0.2) is 31.4 Å². The zero-order valence-electron chi connectivity index (χ0n) is 13.3. The van der Waals surface area contributed by atoms with Crippen LogP contribution in [-0.2, 0) is 16.6 Å². The molecule has 21 heavy (non-hydrogen) atoms. The van der Waals surface area contributed by atoms with Gasteiger partial charge in [-0.05, 0) is 37.8 Å². The summed E-state index contributed by atoms with van der Waals surface area (Å²) in [6.07, 6.45) is 2.87. The Morgan fingerprint density at radius 1 is 1.43 bits per heavy atom. The zero-order valence-corrected chi connectivity index (χ0v) is 15.0. The molecule has 0 saturated heterocycles. The van der Waals surface area contributed by atoms with Crippen molar-refractivity contribution in [2.45, 2.75) is 69.8 Å². The summed E-state index contributed by atoms with van der Waals surface area (Å²) < 4.78 is 27.9. The summed E-state index contributed by atoms with van der Waals surface area (Å²) in [5.74, 6) is 0. The quantitative estimate of drug-likeness (QED) is 0.797. The average Bonchev–Trinajstić information content (AvgIpc) is 3.16. The minimum Gasteiger partial charge on any atom is -0.310 e. The number of thiophene rings is 1. The van der Waals surface area contributed by atoms with Crippen LogP contribution in [0.4, 0.5) is 0 Å². The van der Waals surface area contributed by atoms with Gasteiger partial charge in [-0.1, -0.05) is 20.8 Å². The van der Waals surface area contributed by atoms with Gasteiger partial charge in [0, 0.05) is 30.1 Å². The molecule has 1 saturated carbocycles. The molecule has 0 amide bonds. The molecule has 6 heteroatoms. The maximum Gasteiger partial charge on any atom is 0.252 e. The van der Waals surface area contributed by atoms with Crippen LogP contribution in [0.1, 0.15) is 50.5 Å². The van der Waals surface area contributed by atoms with Crippen molar-refractivity contribution in [2.24, 2.45) is 0 Å². The molecule has 0 atom stereocenters. The van der Waals surface area contributed by atoms with Crippen molar-refractivity contribution in [3.8, 4) is 0 Å². The second kappa shape index (κ2) is 6.77. The topological polar surface area (TPSA) is 49.4 Å². The molecular formula is C15H26N2O2S2. The van der Waals surface area contributed by atoms with E-state index < -0.39 is 10.0 Å². The Labute approximate surface area is 132 Å². The van der Waals surface area contributed by atoms with Gasteiger partial charge in [-0.3, -0.25) is 0 Å². The summed E-state index contributed by atoms with van der Waals surface area (Å²) >= 11 is 1.42. The molecular weight excluding hydrogens is 304 g/mol. The van der Waals surface area contributed by atoms with Crippen molar-refractivity contribution in [3.63, 3.8) is 0 Å². The Morgan fingerprint density at radius 3 is 2.62 bits per heavy atom. The fourth-order valence-corrected chi connectivity index (χ4v) is 5.73. The molecule has 0 unspecified atom stereocenters. The number of nitrogens with zero attached hydrogens (tertiary/aromatic N) is 1. The molecule has 0 bridgehead atoms. The largest absolute Gasteiger partial charge is 0.310 e. The van der Waals surface area contributed by atoms with E-state index in [-0.39, 0.29) is 6.04 Å². The van der Waals surface area contributed by atoms with Gasteiger partial charge in [0.15, 0.2) is 0 Å². The van der Waals surface area contributed by atoms with E-state index in [1.807, 2.05) is 19.9 Å². The van der Waals surface area contributed by atoms with Crippen molar-refractivity contribution in [3.05, 3.63) is 16.5 Å². The maximum atomic E-state index is 12.8. The molecule has 0 aliphatic heterocycles. The number of sulfonamides is 1. The Morgan fingerprint density at radius 2 is 2.10 bits per heavy atom. The molecule has 2 rings (SSSR count). The molecule has 1 N–H and O–H groups in total. The lowest BCUT2D eigenvalue weighted by Gasteiger charge is -2.20. The summed E-state index contributed by atoms with van der Waals surface area (Å²) in [5.41, 5.74) is 1.07. The van der Waals surface area contributed by atoms with Crippen LogP contribution < -0.4 is 5.32 Å². The van der Waals surface area contributed by atoms with Crippen molar-refractivity contribution < 1.29 is 8.42 Å². The molecule has 1 heterocycles. The molecule has 0 aromatic carbocycles. The third-order valence-corrected chi connectivity index (χ3v) is 7.27. The van der Waals surface area contributed by atoms with Crippen LogP contribution in [0.5, 0.6) is 0 Å². The van der Waals surface area contributed by atoms with Gasteiger partial charge < -0.3 is 5.32 Å². The number of rotatable bonds is 8. The molecule has 4 nitrogen and oxygen atoms in total. The third-order valence-electron chi connectivity index (χ3n) is 3.63. The van der Waals surface area contributed by atoms with Gasteiger partial charge in [-0.2, -0.15) is 4.31 Å². The Kier molecular flexibility index (Phi) is 5.46. The maximum absolute atomic E-state index is 12.8. The van der Waals surface area contributed by atoms with Crippen molar-refractivity contribution >= 4 is 21.4 Å². The third kappa shape index (κ3) is 4.06. The standard InChI is InChI=1S/C15H26N2O2S2/c1-5-8-17(13-6-7-13)21(18,19)15-9-12(4)14(20-15)10-16-11(2)3/h9,11,13,16H,5-8,10H2,1-4H3. The minimum atomic E-state index is -3.32. The van der Waals surface area contributed by atoms with E-state index in [2.05, 4.69) is 19.2 Å². The molecule has 1 aliphatic rings. The number of hydrogen-bond donors (Lipinski definition) is 1. The lowest BCUT2D eigenvalue weighted by molar-refractivity contribution is 0.404. The van der Waals surface area contributed by atoms with E-state index in [1.165, 1.54) is 11.3 Å². The lowest BCUT2D eigenvalue weighted by Crippen LogP contribution is -2.33. The van der Waals surface area contributed by atoms with E-state index >= 15 is 0 Å². The highest BCUT2D eigenvalue weighted by molar-refractivity contribution is 7.91. The molecule has 0 radical (unpaired) electrons. The van der Waals surface area contributed by atoms with Crippen molar-refractivity contribution in [1.82, 2.24) is 9.62 Å². The van der Waals surface area contributed by atoms with Gasteiger partial charge >= 0.3 is 0 Å². The first kappa shape index (κ1) is 16.9. The minimum absolute atomic E-state index is 0.231. The molecule has 1 aliphatic carbocycles. The smallest absolute Gasteiger partial charge is 0.252 e. The molecule has 120 valence electrons. The molecule has 1 aromatic rings. The fraction of sp³-hybridized carbons (Fsp3) is 0.733. The predicted octanol–water partition coefficient (Wildman–Crippen LogP) is 3.12. The lowest BCUT2D eigenvalue weighted by atomic mass is 10.3. The second-order valence-electron chi connectivity index (χ2n) is 6.05. The molecule has 1 fully saturated rings. The summed E-state index contributed by atoms with van der Waals surface area (Å²) in [6, 6.07) is 2.46. The number of hydrogen-bond acceptors (Lipinski definition) is 4. The molecule has 0 spiro atoms. The first-order valence-electron chi connectivity index (χ1n) is 7.70. The van der Waals surface area contributed by atoms with Gasteiger partial charge in [0.05, 0.1) is 0 Å². The van der Waals surface area contributed by atoms with Crippen LogP contribution in [0.15, 0.2) is 10.3 Å². The first-order valence-corrected chi connectivity index (χ1v) is 9.96. The van der Waals surface area contributed by atoms with Crippen LogP contribution in [0.3, 0.4) is 0 Å². The van der Waals surface area contributed by atoms with Gasteiger partial charge in [0.2, 0.25) is 0 Å². The predicted molar refractivity (Wildman–Crippen MR) is 88.2 cm³/mol. The Balaban J connectivity index is 2.21. The monoisotopic (exact) mass is 330 g/mol. The van der Waals surface area contributed by atoms with E-state index in [0.717, 1.165) is 36.2 Å². The highest BCUT2D eigenvalue weighted by atomic mass is 32.2. The highest BCUT2D eigenvalue weighted by Gasteiger charge is 2.38. The van der Waals surface area contributed by atoms with Crippen molar-refractivity contribution in [2.75, 3.05) is 6.54 Å². The van der Waals surface area contributed by atoms with Crippen molar-refractivity contribution in [1.29, 1.82) is 0 Å². The summed E-state index contributed by atoms with van der Waals surface area (Å²) in [6.45, 7) is 9.58. The van der Waals surface area contributed by atoms with E-state index in [0.29, 0.717) is 16.8 Å². The normalized spacial score (nSPS) is 16.1. The van der Waals surface area contributed by atoms with E-state index in [9.17, 15) is 8.42 Å². The van der Waals surface area contributed by atoms with Crippen LogP contribution in [0.2, 0.25) is 0 Å². The van der Waals surface area contributed by atoms with Gasteiger partial charge in [0.1, 0.15) is 4.21 Å². The van der Waals surface area contributed by atoms with Crippen LogP contribution in [0.25, 0.3) is 0 Å². The first-order chi connectivity index (χ1) is 9.86. The number of nitrogens with one attached hydrogen (secondary N) is 1. The van der Waals surface area contributed by atoms with Gasteiger partial charge in [-0.25, -0.2) is 8.42 Å². The number of aryl methyl sites for hydroxylation is 1. The van der Waals surface area contributed by atoms with E-state index in [1.54, 1.807) is 4.31 Å². The molecule has 1 aromatic heterocycles. The summed E-state index contributed by atoms with van der Waals surface area (Å²) in [5, 5.41) is 3.36. The SMILES string of the molecule is CCCN(C1CC1)S(=O)(=O)c1cc(C)c(CNC(C)C)s1. The highest BCUT2D eigenvalue weighted by Crippen LogP contribution is 2.35. The van der Waals surface area contributed by atoms with E-state index in [4.69, 9.17) is 0 Å². The van der Waals surface area contributed by atoms with Crippen LogP contribution >= 0.6 is 11.3 Å². The summed E-state index contributed by atoms with van der Waals surface area (Å²) in [4.78, 5) is 1.12. The zero-order chi connectivity index (χ0) is 15.6. The summed E-state index contributed by atoms with van der Waals surface area (Å²) in [7, 11) is -3.32. The second-order valence-corrected chi connectivity index (χ2v) is 9.31. The Hall–Kier alpha value is -0.430. The fourth-order valence-electron chi connectivity index (χ4n) is 2.29.